The molecule has 0 bridgehead atoms. The molecule has 0 aromatic carbocycles. The van der Waals surface area contributed by atoms with Crippen molar-refractivity contribution in [1.82, 2.24) is 4.31 Å². The zero-order chi connectivity index (χ0) is 5.11. The minimum Gasteiger partial charge on any atom is -0.264 e. The summed E-state index contributed by atoms with van der Waals surface area (Å²) in [6.07, 6.45) is 2.65. The highest BCUT2D eigenvalue weighted by Gasteiger charge is 2.08. The highest BCUT2D eigenvalue weighted by molar-refractivity contribution is 7.94. The van der Waals surface area contributed by atoms with Crippen molar-refractivity contribution in [2.75, 3.05) is 13.1 Å². The molecule has 2 nitrogen and oxygen atoms in total. The van der Waals surface area contributed by atoms with Crippen LogP contribution < -0.4 is 5.14 Å². The fraction of sp³-hybridized carbons (Fsp3) is 1.00. The molecule has 0 unspecified atom stereocenters. The van der Waals surface area contributed by atoms with Gasteiger partial charge in [0.1, 0.15) is 0 Å². The highest BCUT2D eigenvalue weighted by Crippen LogP contribution is 2.12. The Kier molecular flexibility index (Phi) is 1.97. The van der Waals surface area contributed by atoms with Gasteiger partial charge >= 0.3 is 0 Å². The minimum absolute atomic E-state index is 1.18. The van der Waals surface area contributed by atoms with Crippen LogP contribution in [0.25, 0.3) is 0 Å². The molecule has 3 heteroatoms. The lowest BCUT2D eigenvalue weighted by atomic mass is 10.4. The number of hydrogen-bond acceptors (Lipinski definition) is 3. The third kappa shape index (κ3) is 1.33. The van der Waals surface area contributed by atoms with Crippen molar-refractivity contribution in [3.05, 3.63) is 0 Å². The minimum atomic E-state index is 1.18. The zero-order valence-electron chi connectivity index (χ0n) is 4.26. The maximum atomic E-state index is 5.28. The van der Waals surface area contributed by atoms with Crippen molar-refractivity contribution < 1.29 is 0 Å². The van der Waals surface area contributed by atoms with Gasteiger partial charge in [-0.15, -0.1) is 0 Å². The van der Waals surface area contributed by atoms with Crippen molar-refractivity contribution in [3.63, 3.8) is 0 Å². The predicted molar refractivity (Wildman–Crippen MR) is 32.6 cm³/mol. The Balaban J connectivity index is 2.14. The standard InChI is InChI=1S/C4H10N2S/c5-7-6-3-1-2-4-6/h1-5H2. The van der Waals surface area contributed by atoms with E-state index in [1.54, 1.807) is 0 Å². The van der Waals surface area contributed by atoms with Gasteiger partial charge in [0.25, 0.3) is 0 Å². The lowest BCUT2D eigenvalue weighted by Crippen LogP contribution is -2.11. The lowest BCUT2D eigenvalue weighted by Gasteiger charge is -2.06. The molecule has 0 spiro atoms. The quantitative estimate of drug-likeness (QED) is 0.511. The fourth-order valence-electron chi connectivity index (χ4n) is 0.794. The number of nitrogens with zero attached hydrogens (tertiary/aromatic N) is 1. The molecule has 1 aliphatic heterocycles. The SMILES string of the molecule is NSN1CCCC1. The Morgan fingerprint density at radius 2 is 1.86 bits per heavy atom. The van der Waals surface area contributed by atoms with Crippen LogP contribution >= 0.6 is 12.1 Å². The van der Waals surface area contributed by atoms with E-state index in [1.165, 1.54) is 38.1 Å². The fourth-order valence-corrected chi connectivity index (χ4v) is 1.26. The van der Waals surface area contributed by atoms with E-state index in [-0.39, 0.29) is 0 Å². The molecule has 0 aromatic rings. The van der Waals surface area contributed by atoms with E-state index in [0.717, 1.165) is 0 Å². The molecule has 1 saturated heterocycles. The van der Waals surface area contributed by atoms with Crippen molar-refractivity contribution in [2.45, 2.75) is 12.8 Å². The van der Waals surface area contributed by atoms with Crippen LogP contribution in [0.15, 0.2) is 0 Å². The van der Waals surface area contributed by atoms with Crippen LogP contribution in [0.2, 0.25) is 0 Å². The molecular weight excluding hydrogens is 108 g/mol. The van der Waals surface area contributed by atoms with Gasteiger partial charge in [-0.05, 0) is 12.8 Å². The van der Waals surface area contributed by atoms with Crippen LogP contribution in [0.1, 0.15) is 12.8 Å². The van der Waals surface area contributed by atoms with Gasteiger partial charge in [0, 0.05) is 25.2 Å². The Morgan fingerprint density at radius 3 is 2.14 bits per heavy atom. The van der Waals surface area contributed by atoms with Gasteiger partial charge < -0.3 is 0 Å². The monoisotopic (exact) mass is 118 g/mol. The normalized spacial score (nSPS) is 23.6. The second kappa shape index (κ2) is 2.55. The second-order valence-corrected chi connectivity index (χ2v) is 2.47. The van der Waals surface area contributed by atoms with Crippen molar-refractivity contribution in [2.24, 2.45) is 5.14 Å². The largest absolute Gasteiger partial charge is 0.264 e. The summed E-state index contributed by atoms with van der Waals surface area (Å²) in [5.74, 6) is 0. The number of nitrogens with two attached hydrogens (primary N) is 1. The third-order valence-electron chi connectivity index (χ3n) is 1.21. The van der Waals surface area contributed by atoms with E-state index < -0.39 is 0 Å². The molecule has 0 aromatic heterocycles. The van der Waals surface area contributed by atoms with E-state index in [2.05, 4.69) is 4.31 Å². The van der Waals surface area contributed by atoms with Crippen LogP contribution in [0.4, 0.5) is 0 Å². The van der Waals surface area contributed by atoms with Gasteiger partial charge in [-0.1, -0.05) is 0 Å². The molecule has 0 atom stereocenters. The lowest BCUT2D eigenvalue weighted by molar-refractivity contribution is 0.587. The van der Waals surface area contributed by atoms with Crippen LogP contribution in [-0.4, -0.2) is 17.4 Å². The van der Waals surface area contributed by atoms with Crippen molar-refractivity contribution in [1.29, 1.82) is 0 Å². The third-order valence-corrected chi connectivity index (χ3v) is 1.88. The summed E-state index contributed by atoms with van der Waals surface area (Å²) in [7, 11) is 0. The summed E-state index contributed by atoms with van der Waals surface area (Å²) in [6.45, 7) is 2.36. The van der Waals surface area contributed by atoms with E-state index in [0.29, 0.717) is 0 Å². The molecule has 0 saturated carbocycles. The maximum Gasteiger partial charge on any atom is 0.0102 e. The summed E-state index contributed by atoms with van der Waals surface area (Å²) < 4.78 is 2.18. The van der Waals surface area contributed by atoms with Crippen LogP contribution in [-0.2, 0) is 0 Å². The first-order valence-corrected chi connectivity index (χ1v) is 3.39. The molecule has 1 rings (SSSR count). The smallest absolute Gasteiger partial charge is 0.0102 e. The van der Waals surface area contributed by atoms with Crippen molar-refractivity contribution in [3.8, 4) is 0 Å². The van der Waals surface area contributed by atoms with Gasteiger partial charge in [-0.25, -0.2) is 4.31 Å². The molecule has 2 N–H and O–H groups in total. The van der Waals surface area contributed by atoms with Crippen LogP contribution in [0, 0.1) is 0 Å². The Labute approximate surface area is 48.3 Å². The number of rotatable bonds is 1. The molecule has 0 amide bonds. The molecule has 42 valence electrons. The van der Waals surface area contributed by atoms with Gasteiger partial charge in [0.2, 0.25) is 0 Å². The number of hydrogen-bond donors (Lipinski definition) is 1. The second-order valence-electron chi connectivity index (χ2n) is 1.74. The van der Waals surface area contributed by atoms with Gasteiger partial charge in [0.05, 0.1) is 0 Å². The Bertz CT molecular complexity index is 51.7. The summed E-state index contributed by atoms with van der Waals surface area (Å²) >= 11 is 1.37. The molecule has 1 aliphatic rings. The maximum absolute atomic E-state index is 5.28. The van der Waals surface area contributed by atoms with Gasteiger partial charge in [0.15, 0.2) is 0 Å². The summed E-state index contributed by atoms with van der Waals surface area (Å²) in [6, 6.07) is 0. The van der Waals surface area contributed by atoms with Crippen LogP contribution in [0.3, 0.4) is 0 Å². The summed E-state index contributed by atoms with van der Waals surface area (Å²) in [4.78, 5) is 0. The van der Waals surface area contributed by atoms with Gasteiger partial charge in [-0.3, -0.25) is 5.14 Å². The first-order chi connectivity index (χ1) is 3.43. The molecular formula is C4H10N2S. The Morgan fingerprint density at radius 1 is 1.29 bits per heavy atom. The molecule has 1 fully saturated rings. The Hall–Kier alpha value is 0.270. The molecule has 0 aliphatic carbocycles. The topological polar surface area (TPSA) is 29.3 Å². The van der Waals surface area contributed by atoms with E-state index >= 15 is 0 Å². The highest BCUT2D eigenvalue weighted by atomic mass is 32.2. The zero-order valence-corrected chi connectivity index (χ0v) is 5.08. The molecule has 7 heavy (non-hydrogen) atoms. The first kappa shape index (κ1) is 5.41. The van der Waals surface area contributed by atoms with E-state index in [1.807, 2.05) is 0 Å². The summed E-state index contributed by atoms with van der Waals surface area (Å²) in [5, 5.41) is 5.28. The van der Waals surface area contributed by atoms with Crippen LogP contribution in [0.5, 0.6) is 0 Å². The predicted octanol–water partition coefficient (Wildman–Crippen LogP) is 0.604. The van der Waals surface area contributed by atoms with E-state index in [4.69, 9.17) is 5.14 Å². The first-order valence-electron chi connectivity index (χ1n) is 2.55. The van der Waals surface area contributed by atoms with Crippen molar-refractivity contribution >= 4 is 12.1 Å². The average molecular weight is 118 g/mol. The van der Waals surface area contributed by atoms with Gasteiger partial charge in [-0.2, -0.15) is 0 Å². The molecule has 0 radical (unpaired) electrons. The average Bonchev–Trinajstić information content (AvgIpc) is 2.14. The molecule has 1 heterocycles. The summed E-state index contributed by atoms with van der Waals surface area (Å²) in [5.41, 5.74) is 0. The van der Waals surface area contributed by atoms with E-state index in [9.17, 15) is 0 Å².